The van der Waals surface area contributed by atoms with E-state index in [0.717, 1.165) is 6.20 Å². The lowest BCUT2D eigenvalue weighted by Gasteiger charge is -2.14. The lowest BCUT2D eigenvalue weighted by molar-refractivity contribution is -0.117. The predicted molar refractivity (Wildman–Crippen MR) is 71.5 cm³/mol. The van der Waals surface area contributed by atoms with Crippen LogP contribution in [0.5, 0.6) is 0 Å². The van der Waals surface area contributed by atoms with Crippen molar-refractivity contribution in [1.82, 2.24) is 9.97 Å². The van der Waals surface area contributed by atoms with Crippen molar-refractivity contribution in [2.75, 3.05) is 18.1 Å². The number of hydrogen-bond acceptors (Lipinski definition) is 5. The van der Waals surface area contributed by atoms with Gasteiger partial charge in [-0.3, -0.25) is 19.5 Å². The summed E-state index contributed by atoms with van der Waals surface area (Å²) in [6.07, 6.45) is 3.16. The maximum absolute atomic E-state index is 11.8. The number of nitrogens with zero attached hydrogens (tertiary/aromatic N) is 2. The van der Waals surface area contributed by atoms with Gasteiger partial charge in [0.1, 0.15) is 5.56 Å². The molecule has 0 saturated carbocycles. The Bertz CT molecular complexity index is 608. The number of hydrogen-bond donors (Lipinski definition) is 1. The molecule has 1 atom stereocenters. The van der Waals surface area contributed by atoms with Gasteiger partial charge in [0, 0.05) is 18.9 Å². The Kier molecular flexibility index (Phi) is 3.97. The van der Waals surface area contributed by atoms with Crippen LogP contribution in [-0.4, -0.2) is 35.0 Å². The summed E-state index contributed by atoms with van der Waals surface area (Å²) in [4.78, 5) is 42.9. The van der Waals surface area contributed by atoms with E-state index >= 15 is 0 Å². The largest absolute Gasteiger partial charge is 0.462 e. The van der Waals surface area contributed by atoms with Crippen molar-refractivity contribution in [3.05, 3.63) is 34.8 Å². The number of rotatable bonds is 4. The number of amides is 1. The van der Waals surface area contributed by atoms with Gasteiger partial charge in [-0.1, -0.05) is 6.08 Å². The van der Waals surface area contributed by atoms with E-state index in [1.807, 2.05) is 0 Å². The van der Waals surface area contributed by atoms with Gasteiger partial charge in [-0.05, 0) is 6.92 Å². The first-order chi connectivity index (χ1) is 9.56. The summed E-state index contributed by atoms with van der Waals surface area (Å²) in [6.45, 7) is 5.89. The Morgan fingerprint density at radius 1 is 1.65 bits per heavy atom. The first kappa shape index (κ1) is 14.0. The second-order valence-electron chi connectivity index (χ2n) is 4.37. The van der Waals surface area contributed by atoms with Crippen LogP contribution in [0.1, 0.15) is 23.7 Å². The van der Waals surface area contributed by atoms with Crippen molar-refractivity contribution in [3.8, 4) is 0 Å². The third-order valence-corrected chi connectivity index (χ3v) is 3.03. The maximum atomic E-state index is 11.8. The number of ether oxygens (including phenoxy) is 1. The van der Waals surface area contributed by atoms with Crippen molar-refractivity contribution in [3.63, 3.8) is 0 Å². The molecule has 1 amide bonds. The lowest BCUT2D eigenvalue weighted by atomic mass is 10.1. The van der Waals surface area contributed by atoms with E-state index < -0.39 is 11.5 Å². The summed E-state index contributed by atoms with van der Waals surface area (Å²) in [5.41, 5.74) is -0.800. The Hall–Kier alpha value is -2.44. The summed E-state index contributed by atoms with van der Waals surface area (Å²) in [5.74, 6) is -0.693. The number of carbonyl (C=O) groups is 2. The van der Waals surface area contributed by atoms with Crippen molar-refractivity contribution in [1.29, 1.82) is 0 Å². The highest BCUT2D eigenvalue weighted by Crippen LogP contribution is 2.21. The van der Waals surface area contributed by atoms with Crippen molar-refractivity contribution in [2.45, 2.75) is 13.3 Å². The first-order valence-electron chi connectivity index (χ1n) is 6.26. The van der Waals surface area contributed by atoms with Gasteiger partial charge in [-0.25, -0.2) is 9.78 Å². The fraction of sp³-hybridized carbons (Fsp3) is 0.385. The topological polar surface area (TPSA) is 92.4 Å². The van der Waals surface area contributed by atoms with Crippen LogP contribution in [0.4, 0.5) is 5.95 Å². The molecule has 0 radical (unpaired) electrons. The first-order valence-corrected chi connectivity index (χ1v) is 6.26. The van der Waals surface area contributed by atoms with E-state index in [4.69, 9.17) is 4.74 Å². The number of anilines is 1. The van der Waals surface area contributed by atoms with Crippen LogP contribution < -0.4 is 10.5 Å². The fourth-order valence-corrected chi connectivity index (χ4v) is 1.97. The number of aromatic amines is 1. The van der Waals surface area contributed by atoms with Crippen LogP contribution in [0.2, 0.25) is 0 Å². The number of esters is 1. The number of aromatic nitrogens is 2. The van der Waals surface area contributed by atoms with E-state index in [-0.39, 0.29) is 29.9 Å². The van der Waals surface area contributed by atoms with E-state index in [2.05, 4.69) is 16.5 Å². The maximum Gasteiger partial charge on any atom is 0.345 e. The van der Waals surface area contributed by atoms with Crippen LogP contribution in [0.3, 0.4) is 0 Å². The molecule has 106 valence electrons. The van der Waals surface area contributed by atoms with Gasteiger partial charge in [0.15, 0.2) is 0 Å². The summed E-state index contributed by atoms with van der Waals surface area (Å²) < 4.78 is 4.74. The molecular formula is C13H15N3O4. The quantitative estimate of drug-likeness (QED) is 0.638. The molecule has 1 saturated heterocycles. The monoisotopic (exact) mass is 277 g/mol. The SMILES string of the molecule is C=CC1CC(=O)N(c2ncc(C(=O)OCC)c(=O)[nH]2)C1. The van der Waals surface area contributed by atoms with Crippen molar-refractivity contribution in [2.24, 2.45) is 5.92 Å². The molecule has 1 aromatic heterocycles. The molecule has 0 aliphatic carbocycles. The van der Waals surface area contributed by atoms with Gasteiger partial charge >= 0.3 is 5.97 Å². The molecule has 1 unspecified atom stereocenters. The van der Waals surface area contributed by atoms with Gasteiger partial charge in [0.25, 0.3) is 5.56 Å². The van der Waals surface area contributed by atoms with Gasteiger partial charge in [0.05, 0.1) is 12.8 Å². The van der Waals surface area contributed by atoms with Crippen LogP contribution in [0.25, 0.3) is 0 Å². The molecule has 1 aliphatic heterocycles. The van der Waals surface area contributed by atoms with Crippen LogP contribution in [0, 0.1) is 5.92 Å². The summed E-state index contributed by atoms with van der Waals surface area (Å²) in [6, 6.07) is 0. The van der Waals surface area contributed by atoms with E-state index in [1.54, 1.807) is 13.0 Å². The minimum atomic E-state index is -0.732. The standard InChI is InChI=1S/C13H15N3O4/c1-3-8-5-10(17)16(7-8)13-14-6-9(11(18)15-13)12(19)20-4-2/h3,6,8H,1,4-5,7H2,2H3,(H,14,15,18). The Labute approximate surface area is 115 Å². The van der Waals surface area contributed by atoms with Gasteiger partial charge < -0.3 is 4.74 Å². The number of nitrogens with one attached hydrogen (secondary N) is 1. The highest BCUT2D eigenvalue weighted by atomic mass is 16.5. The molecule has 1 aromatic rings. The summed E-state index contributed by atoms with van der Waals surface area (Å²) >= 11 is 0. The Balaban J connectivity index is 2.26. The van der Waals surface area contributed by atoms with Crippen LogP contribution in [-0.2, 0) is 9.53 Å². The zero-order valence-corrected chi connectivity index (χ0v) is 11.1. The molecule has 0 aromatic carbocycles. The van der Waals surface area contributed by atoms with Gasteiger partial charge in [-0.2, -0.15) is 0 Å². The van der Waals surface area contributed by atoms with Crippen LogP contribution in [0.15, 0.2) is 23.6 Å². The number of carbonyl (C=O) groups excluding carboxylic acids is 2. The molecular weight excluding hydrogens is 262 g/mol. The zero-order valence-electron chi connectivity index (χ0n) is 11.1. The summed E-state index contributed by atoms with van der Waals surface area (Å²) in [7, 11) is 0. The molecule has 2 rings (SSSR count). The molecule has 1 aliphatic rings. The van der Waals surface area contributed by atoms with Crippen LogP contribution >= 0.6 is 0 Å². The summed E-state index contributed by atoms with van der Waals surface area (Å²) in [5, 5.41) is 0. The van der Waals surface area contributed by atoms with E-state index in [9.17, 15) is 14.4 Å². The molecule has 0 spiro atoms. The minimum absolute atomic E-state index is 0.0394. The second-order valence-corrected chi connectivity index (χ2v) is 4.37. The molecule has 1 N–H and O–H groups in total. The van der Waals surface area contributed by atoms with E-state index in [0.29, 0.717) is 13.0 Å². The normalized spacial score (nSPS) is 18.1. The third kappa shape index (κ3) is 2.61. The molecule has 20 heavy (non-hydrogen) atoms. The fourth-order valence-electron chi connectivity index (χ4n) is 1.97. The lowest BCUT2D eigenvalue weighted by Crippen LogP contribution is -2.30. The van der Waals surface area contributed by atoms with Gasteiger partial charge in [0.2, 0.25) is 11.9 Å². The molecule has 1 fully saturated rings. The zero-order chi connectivity index (χ0) is 14.7. The highest BCUT2D eigenvalue weighted by molar-refractivity contribution is 5.94. The third-order valence-electron chi connectivity index (χ3n) is 3.03. The number of H-pyrrole nitrogens is 1. The highest BCUT2D eigenvalue weighted by Gasteiger charge is 2.30. The average Bonchev–Trinajstić information content (AvgIpc) is 2.80. The minimum Gasteiger partial charge on any atom is -0.462 e. The van der Waals surface area contributed by atoms with E-state index in [1.165, 1.54) is 4.90 Å². The molecule has 7 nitrogen and oxygen atoms in total. The smallest absolute Gasteiger partial charge is 0.345 e. The molecule has 0 bridgehead atoms. The van der Waals surface area contributed by atoms with Gasteiger partial charge in [-0.15, -0.1) is 6.58 Å². The predicted octanol–water partition coefficient (Wildman–Crippen LogP) is 0.485. The van der Waals surface area contributed by atoms with Crippen molar-refractivity contribution < 1.29 is 14.3 Å². The average molecular weight is 277 g/mol. The second kappa shape index (κ2) is 5.68. The van der Waals surface area contributed by atoms with Crippen molar-refractivity contribution >= 4 is 17.8 Å². The molecule has 2 heterocycles. The Morgan fingerprint density at radius 2 is 2.40 bits per heavy atom. The Morgan fingerprint density at radius 3 is 2.95 bits per heavy atom. The molecule has 7 heteroatoms.